The molecule has 1 aromatic rings. The Balaban J connectivity index is 2.04. The second-order valence-electron chi connectivity index (χ2n) is 4.63. The first kappa shape index (κ1) is 12.3. The van der Waals surface area contributed by atoms with Crippen LogP contribution in [0, 0.1) is 6.92 Å². The average Bonchev–Trinajstić information content (AvgIpc) is 2.81. The molecule has 0 radical (unpaired) electrons. The van der Waals surface area contributed by atoms with E-state index in [0.29, 0.717) is 12.1 Å². The maximum absolute atomic E-state index is 5.67. The molecule has 0 bridgehead atoms. The van der Waals surface area contributed by atoms with Crippen LogP contribution in [0.2, 0.25) is 0 Å². The van der Waals surface area contributed by atoms with Gasteiger partial charge < -0.3 is 10.1 Å². The highest BCUT2D eigenvalue weighted by molar-refractivity contribution is 5.37. The Hall–Kier alpha value is -1.16. The molecule has 2 unspecified atom stereocenters. The molecular formula is C13H21N3O. The largest absolute Gasteiger partial charge is 0.376 e. The number of ether oxygens (including phenoxy) is 1. The number of rotatable bonds is 4. The van der Waals surface area contributed by atoms with Gasteiger partial charge in [-0.15, -0.1) is 0 Å². The Morgan fingerprint density at radius 3 is 3.00 bits per heavy atom. The second kappa shape index (κ2) is 5.45. The molecule has 1 N–H and O–H groups in total. The van der Waals surface area contributed by atoms with Crippen molar-refractivity contribution in [1.29, 1.82) is 0 Å². The van der Waals surface area contributed by atoms with Gasteiger partial charge in [0.1, 0.15) is 11.6 Å². The van der Waals surface area contributed by atoms with E-state index < -0.39 is 0 Å². The summed E-state index contributed by atoms with van der Waals surface area (Å²) in [5, 5.41) is 3.42. The topological polar surface area (TPSA) is 47.0 Å². The second-order valence-corrected chi connectivity index (χ2v) is 4.63. The zero-order valence-corrected chi connectivity index (χ0v) is 10.9. The molecular weight excluding hydrogens is 214 g/mol. The normalized spacial score (nSPS) is 21.5. The molecule has 94 valence electrons. The van der Waals surface area contributed by atoms with Gasteiger partial charge in [-0.05, 0) is 33.1 Å². The number of hydrogen-bond acceptors (Lipinski definition) is 4. The van der Waals surface area contributed by atoms with Gasteiger partial charge in [0.15, 0.2) is 0 Å². The number of nitrogens with zero attached hydrogens (tertiary/aromatic N) is 2. The molecule has 0 amide bonds. The van der Waals surface area contributed by atoms with E-state index in [0.717, 1.165) is 36.8 Å². The van der Waals surface area contributed by atoms with Gasteiger partial charge in [0, 0.05) is 18.4 Å². The molecule has 1 aliphatic rings. The Bertz CT molecular complexity index is 375. The summed E-state index contributed by atoms with van der Waals surface area (Å²) in [5.74, 6) is 1.74. The standard InChI is InChI=1S/C13H21N3O/c1-4-11-8-13(16-10(3)15-11)14-9(2)12-6-5-7-17-12/h8-9,12H,4-7H2,1-3H3,(H,14,15,16). The van der Waals surface area contributed by atoms with Crippen LogP contribution in [0.5, 0.6) is 0 Å². The van der Waals surface area contributed by atoms with Crippen LogP contribution >= 0.6 is 0 Å². The van der Waals surface area contributed by atoms with E-state index in [1.54, 1.807) is 0 Å². The molecule has 0 saturated carbocycles. The van der Waals surface area contributed by atoms with Crippen molar-refractivity contribution in [2.24, 2.45) is 0 Å². The Morgan fingerprint density at radius 2 is 2.35 bits per heavy atom. The van der Waals surface area contributed by atoms with Gasteiger partial charge in [-0.25, -0.2) is 9.97 Å². The van der Waals surface area contributed by atoms with Crippen LogP contribution < -0.4 is 5.32 Å². The number of aryl methyl sites for hydroxylation is 2. The summed E-state index contributed by atoms with van der Waals surface area (Å²) >= 11 is 0. The van der Waals surface area contributed by atoms with Crippen LogP contribution in [0.1, 0.15) is 38.2 Å². The van der Waals surface area contributed by atoms with Crippen molar-refractivity contribution in [2.45, 2.75) is 52.2 Å². The van der Waals surface area contributed by atoms with Crippen molar-refractivity contribution >= 4 is 5.82 Å². The van der Waals surface area contributed by atoms with Crippen molar-refractivity contribution in [1.82, 2.24) is 9.97 Å². The third-order valence-corrected chi connectivity index (χ3v) is 3.15. The minimum atomic E-state index is 0.302. The number of aromatic nitrogens is 2. The lowest BCUT2D eigenvalue weighted by Gasteiger charge is -2.20. The highest BCUT2D eigenvalue weighted by Gasteiger charge is 2.22. The Morgan fingerprint density at radius 1 is 1.53 bits per heavy atom. The number of anilines is 1. The van der Waals surface area contributed by atoms with Crippen LogP contribution in [-0.4, -0.2) is 28.7 Å². The molecule has 0 aromatic carbocycles. The smallest absolute Gasteiger partial charge is 0.130 e. The van der Waals surface area contributed by atoms with Gasteiger partial charge in [0.25, 0.3) is 0 Å². The van der Waals surface area contributed by atoms with E-state index in [9.17, 15) is 0 Å². The van der Waals surface area contributed by atoms with Gasteiger partial charge >= 0.3 is 0 Å². The van der Waals surface area contributed by atoms with Gasteiger partial charge in [0.2, 0.25) is 0 Å². The van der Waals surface area contributed by atoms with E-state index in [-0.39, 0.29) is 0 Å². The maximum Gasteiger partial charge on any atom is 0.130 e. The van der Waals surface area contributed by atoms with Crippen LogP contribution in [0.25, 0.3) is 0 Å². The maximum atomic E-state index is 5.67. The predicted octanol–water partition coefficient (Wildman–Crippen LogP) is 2.33. The predicted molar refractivity (Wildman–Crippen MR) is 68.2 cm³/mol. The van der Waals surface area contributed by atoms with E-state index in [4.69, 9.17) is 4.74 Å². The van der Waals surface area contributed by atoms with Gasteiger partial charge in [-0.3, -0.25) is 0 Å². The molecule has 1 saturated heterocycles. The van der Waals surface area contributed by atoms with Crippen LogP contribution in [0.3, 0.4) is 0 Å². The van der Waals surface area contributed by atoms with Gasteiger partial charge in [0.05, 0.1) is 12.1 Å². The minimum absolute atomic E-state index is 0.302. The summed E-state index contributed by atoms with van der Waals surface area (Å²) < 4.78 is 5.67. The molecule has 0 aliphatic carbocycles. The highest BCUT2D eigenvalue weighted by Crippen LogP contribution is 2.18. The molecule has 1 aromatic heterocycles. The molecule has 2 heterocycles. The van der Waals surface area contributed by atoms with E-state index in [1.807, 2.05) is 13.0 Å². The summed E-state index contributed by atoms with van der Waals surface area (Å²) in [6, 6.07) is 2.33. The zero-order chi connectivity index (χ0) is 12.3. The minimum Gasteiger partial charge on any atom is -0.376 e. The molecule has 1 fully saturated rings. The van der Waals surface area contributed by atoms with Crippen LogP contribution in [-0.2, 0) is 11.2 Å². The van der Waals surface area contributed by atoms with E-state index >= 15 is 0 Å². The molecule has 4 heteroatoms. The summed E-state index contributed by atoms with van der Waals surface area (Å²) in [7, 11) is 0. The molecule has 4 nitrogen and oxygen atoms in total. The molecule has 0 spiro atoms. The number of nitrogens with one attached hydrogen (secondary N) is 1. The quantitative estimate of drug-likeness (QED) is 0.870. The fourth-order valence-electron chi connectivity index (χ4n) is 2.21. The highest BCUT2D eigenvalue weighted by atomic mass is 16.5. The van der Waals surface area contributed by atoms with Crippen molar-refractivity contribution in [3.05, 3.63) is 17.6 Å². The summed E-state index contributed by atoms with van der Waals surface area (Å²) in [6.07, 6.45) is 3.56. The molecule has 2 atom stereocenters. The van der Waals surface area contributed by atoms with Crippen molar-refractivity contribution in [2.75, 3.05) is 11.9 Å². The zero-order valence-electron chi connectivity index (χ0n) is 10.9. The van der Waals surface area contributed by atoms with E-state index in [2.05, 4.69) is 29.1 Å². The van der Waals surface area contributed by atoms with Gasteiger partial charge in [-0.2, -0.15) is 0 Å². The average molecular weight is 235 g/mol. The lowest BCUT2D eigenvalue weighted by Crippen LogP contribution is -2.30. The lowest BCUT2D eigenvalue weighted by molar-refractivity contribution is 0.0995. The molecule has 2 rings (SSSR count). The third kappa shape index (κ3) is 3.16. The fourth-order valence-corrected chi connectivity index (χ4v) is 2.21. The summed E-state index contributed by atoms with van der Waals surface area (Å²) in [6.45, 7) is 7.08. The molecule has 1 aliphatic heterocycles. The van der Waals surface area contributed by atoms with Crippen LogP contribution in [0.15, 0.2) is 6.07 Å². The monoisotopic (exact) mass is 235 g/mol. The summed E-state index contributed by atoms with van der Waals surface area (Å²) in [4.78, 5) is 8.79. The first-order chi connectivity index (χ1) is 8.19. The first-order valence-corrected chi connectivity index (χ1v) is 6.41. The van der Waals surface area contributed by atoms with Crippen LogP contribution in [0.4, 0.5) is 5.82 Å². The Labute approximate surface area is 103 Å². The lowest BCUT2D eigenvalue weighted by atomic mass is 10.1. The summed E-state index contributed by atoms with van der Waals surface area (Å²) in [5.41, 5.74) is 1.08. The third-order valence-electron chi connectivity index (χ3n) is 3.15. The van der Waals surface area contributed by atoms with E-state index in [1.165, 1.54) is 6.42 Å². The van der Waals surface area contributed by atoms with Crippen molar-refractivity contribution in [3.8, 4) is 0 Å². The Kier molecular flexibility index (Phi) is 3.94. The first-order valence-electron chi connectivity index (χ1n) is 6.41. The van der Waals surface area contributed by atoms with Gasteiger partial charge in [-0.1, -0.05) is 6.92 Å². The number of hydrogen-bond donors (Lipinski definition) is 1. The van der Waals surface area contributed by atoms with Crippen molar-refractivity contribution in [3.63, 3.8) is 0 Å². The molecule has 17 heavy (non-hydrogen) atoms. The van der Waals surface area contributed by atoms with Crippen molar-refractivity contribution < 1.29 is 4.74 Å². The fraction of sp³-hybridized carbons (Fsp3) is 0.692. The SMILES string of the molecule is CCc1cc(NC(C)C2CCCO2)nc(C)n1.